The third kappa shape index (κ3) is 5.66. The van der Waals surface area contributed by atoms with Gasteiger partial charge in [0.2, 0.25) is 0 Å². The van der Waals surface area contributed by atoms with Gasteiger partial charge in [-0.2, -0.15) is 5.26 Å². The van der Waals surface area contributed by atoms with Gasteiger partial charge in [-0.15, -0.1) is 0 Å². The summed E-state index contributed by atoms with van der Waals surface area (Å²) in [5.74, 6) is 0. The van der Waals surface area contributed by atoms with E-state index in [2.05, 4.69) is 31.9 Å². The summed E-state index contributed by atoms with van der Waals surface area (Å²) in [6.07, 6.45) is 0.824. The molecule has 0 saturated heterocycles. The molecule has 0 bridgehead atoms. The van der Waals surface area contributed by atoms with Gasteiger partial charge < -0.3 is 5.73 Å². The van der Waals surface area contributed by atoms with Crippen LogP contribution in [0.2, 0.25) is 0 Å². The van der Waals surface area contributed by atoms with Gasteiger partial charge in [0, 0.05) is 14.5 Å². The van der Waals surface area contributed by atoms with Crippen molar-refractivity contribution >= 4 is 38.1 Å². The summed E-state index contributed by atoms with van der Waals surface area (Å²) in [7, 11) is 0. The van der Waals surface area contributed by atoms with E-state index in [9.17, 15) is 4.79 Å². The number of nitrogens with zero attached hydrogens (tertiary/aromatic N) is 1. The smallest absolute Gasteiger partial charge is 0.150 e. The minimum absolute atomic E-state index is 0.521. The predicted molar refractivity (Wildman–Crippen MR) is 86.2 cm³/mol. The molecule has 0 radical (unpaired) electrons. The highest BCUT2D eigenvalue weighted by Gasteiger charge is 2.02. The zero-order chi connectivity index (χ0) is 15.0. The second-order valence-electron chi connectivity index (χ2n) is 3.83. The van der Waals surface area contributed by atoms with Crippen molar-refractivity contribution in [1.29, 1.82) is 5.26 Å². The van der Waals surface area contributed by atoms with E-state index in [4.69, 9.17) is 11.0 Å². The Morgan fingerprint density at radius 1 is 1.10 bits per heavy atom. The number of hydrogen-bond donors (Lipinski definition) is 1. The van der Waals surface area contributed by atoms with Crippen LogP contribution in [0.4, 0.5) is 0 Å². The highest BCUT2D eigenvalue weighted by atomic mass is 79.9. The van der Waals surface area contributed by atoms with Crippen molar-refractivity contribution in [3.05, 3.63) is 68.6 Å². The van der Waals surface area contributed by atoms with Crippen molar-refractivity contribution < 1.29 is 4.79 Å². The molecule has 1 atom stereocenters. The van der Waals surface area contributed by atoms with E-state index in [1.807, 2.05) is 42.5 Å². The molecule has 0 fully saturated rings. The minimum atomic E-state index is -0.521. The molecule has 3 nitrogen and oxygen atoms in total. The number of nitriles is 1. The van der Waals surface area contributed by atoms with Gasteiger partial charge in [-0.05, 0) is 29.8 Å². The van der Waals surface area contributed by atoms with E-state index in [1.165, 1.54) is 0 Å². The van der Waals surface area contributed by atoms with Crippen LogP contribution in [0, 0.1) is 11.3 Å². The fourth-order valence-corrected chi connectivity index (χ4v) is 2.19. The number of rotatable bonds is 2. The summed E-state index contributed by atoms with van der Waals surface area (Å²) in [6.45, 7) is 0. The van der Waals surface area contributed by atoms with Crippen molar-refractivity contribution in [2.24, 2.45) is 5.73 Å². The molecule has 0 heterocycles. The molecule has 0 aliphatic carbocycles. The van der Waals surface area contributed by atoms with Crippen LogP contribution >= 0.6 is 31.9 Å². The van der Waals surface area contributed by atoms with Crippen molar-refractivity contribution in [3.8, 4) is 6.07 Å². The van der Waals surface area contributed by atoms with Crippen LogP contribution in [-0.4, -0.2) is 6.29 Å². The molecule has 102 valence electrons. The Labute approximate surface area is 134 Å². The van der Waals surface area contributed by atoms with Gasteiger partial charge in [-0.1, -0.05) is 56.1 Å². The largest absolute Gasteiger partial charge is 0.312 e. The monoisotopic (exact) mass is 394 g/mol. The van der Waals surface area contributed by atoms with E-state index >= 15 is 0 Å². The fourth-order valence-electron chi connectivity index (χ4n) is 1.35. The molecule has 20 heavy (non-hydrogen) atoms. The van der Waals surface area contributed by atoms with Crippen molar-refractivity contribution in [2.45, 2.75) is 6.04 Å². The molecule has 0 saturated carbocycles. The molecule has 0 amide bonds. The van der Waals surface area contributed by atoms with Gasteiger partial charge in [0.1, 0.15) is 12.3 Å². The Morgan fingerprint density at radius 2 is 1.70 bits per heavy atom. The van der Waals surface area contributed by atoms with Crippen molar-refractivity contribution in [3.63, 3.8) is 0 Å². The summed E-state index contributed by atoms with van der Waals surface area (Å²) < 4.78 is 1.88. The molecule has 5 heteroatoms. The van der Waals surface area contributed by atoms with E-state index in [-0.39, 0.29) is 0 Å². The molecule has 2 N–H and O–H groups in total. The summed E-state index contributed by atoms with van der Waals surface area (Å²) in [5.41, 5.74) is 7.01. The van der Waals surface area contributed by atoms with E-state index in [1.54, 1.807) is 12.1 Å². The minimum Gasteiger partial charge on any atom is -0.312 e. The molecule has 0 spiro atoms. The van der Waals surface area contributed by atoms with E-state index in [0.29, 0.717) is 5.56 Å². The highest BCUT2D eigenvalue weighted by molar-refractivity contribution is 9.10. The maximum Gasteiger partial charge on any atom is 0.150 e. The normalized spacial score (nSPS) is 10.7. The van der Waals surface area contributed by atoms with Crippen molar-refractivity contribution in [2.75, 3.05) is 0 Å². The molecule has 2 aromatic carbocycles. The molecule has 0 aromatic heterocycles. The van der Waals surface area contributed by atoms with E-state index in [0.717, 1.165) is 20.8 Å². The molecule has 0 aliphatic rings. The Kier molecular flexibility index (Phi) is 7.16. The topological polar surface area (TPSA) is 66.9 Å². The Balaban J connectivity index is 0.000000204. The van der Waals surface area contributed by atoms with Gasteiger partial charge in [0.25, 0.3) is 0 Å². The van der Waals surface area contributed by atoms with Crippen molar-refractivity contribution in [1.82, 2.24) is 0 Å². The average molecular weight is 396 g/mol. The van der Waals surface area contributed by atoms with Crippen LogP contribution in [0.3, 0.4) is 0 Å². The Bertz CT molecular complexity index is 623. The van der Waals surface area contributed by atoms with Crippen LogP contribution in [0.25, 0.3) is 0 Å². The summed E-state index contributed by atoms with van der Waals surface area (Å²) in [4.78, 5) is 10.1. The first-order chi connectivity index (χ1) is 9.56. The first kappa shape index (κ1) is 16.6. The quantitative estimate of drug-likeness (QED) is 0.773. The lowest BCUT2D eigenvalue weighted by Crippen LogP contribution is -2.06. The molecule has 0 aliphatic heterocycles. The predicted octanol–water partition coefficient (Wildman–Crippen LogP) is 4.23. The number of benzene rings is 2. The first-order valence-corrected chi connectivity index (χ1v) is 7.27. The van der Waals surface area contributed by atoms with Gasteiger partial charge in [-0.3, -0.25) is 4.79 Å². The second kappa shape index (κ2) is 8.64. The fraction of sp³-hybridized carbons (Fsp3) is 0.0667. The average Bonchev–Trinajstić information content (AvgIpc) is 2.47. The number of halogens is 2. The zero-order valence-electron chi connectivity index (χ0n) is 10.5. The van der Waals surface area contributed by atoms with Gasteiger partial charge >= 0.3 is 0 Å². The summed E-state index contributed by atoms with van der Waals surface area (Å²) in [5, 5.41) is 8.49. The Hall–Kier alpha value is -1.48. The summed E-state index contributed by atoms with van der Waals surface area (Å²) >= 11 is 6.54. The Morgan fingerprint density at radius 3 is 2.15 bits per heavy atom. The highest BCUT2D eigenvalue weighted by Crippen LogP contribution is 2.15. The van der Waals surface area contributed by atoms with Crippen LogP contribution in [0.1, 0.15) is 22.0 Å². The third-order valence-electron chi connectivity index (χ3n) is 2.33. The number of nitrogens with two attached hydrogens (primary N) is 1. The number of carbonyl (C=O) groups excluding carboxylic acids is 1. The maximum atomic E-state index is 10.1. The first-order valence-electron chi connectivity index (χ1n) is 5.68. The van der Waals surface area contributed by atoms with Gasteiger partial charge in [0.05, 0.1) is 6.07 Å². The lowest BCUT2D eigenvalue weighted by Gasteiger charge is -2.01. The third-order valence-corrected chi connectivity index (χ3v) is 3.32. The summed E-state index contributed by atoms with van der Waals surface area (Å²) in [6, 6.07) is 16.1. The van der Waals surface area contributed by atoms with Gasteiger partial charge in [0.15, 0.2) is 0 Å². The lowest BCUT2D eigenvalue weighted by molar-refractivity contribution is 0.112. The number of hydrogen-bond acceptors (Lipinski definition) is 3. The number of carbonyl (C=O) groups is 1. The lowest BCUT2D eigenvalue weighted by atomic mass is 10.1. The maximum absolute atomic E-state index is 10.1. The molecular formula is C15H12Br2N2O. The zero-order valence-corrected chi connectivity index (χ0v) is 13.6. The standard InChI is InChI=1S/C8H7BrN2.C7H5BrO/c9-7-3-1-2-6(4-7)8(11)5-10;8-7-3-1-2-6(4-7)5-9/h1-4,8H,11H2;1-5H. The molecule has 2 rings (SSSR count). The molecule has 1 unspecified atom stereocenters. The van der Waals surface area contributed by atoms with Gasteiger partial charge in [-0.25, -0.2) is 0 Å². The second-order valence-corrected chi connectivity index (χ2v) is 5.67. The van der Waals surface area contributed by atoms with Crippen LogP contribution in [-0.2, 0) is 0 Å². The molecular weight excluding hydrogens is 384 g/mol. The number of aldehydes is 1. The van der Waals surface area contributed by atoms with E-state index < -0.39 is 6.04 Å². The molecule has 2 aromatic rings. The van der Waals surface area contributed by atoms with Crippen LogP contribution in [0.15, 0.2) is 57.5 Å². The van der Waals surface area contributed by atoms with Crippen LogP contribution in [0.5, 0.6) is 0 Å². The van der Waals surface area contributed by atoms with Crippen LogP contribution < -0.4 is 5.73 Å². The SMILES string of the molecule is N#CC(N)c1cccc(Br)c1.O=Cc1cccc(Br)c1.